The van der Waals surface area contributed by atoms with Crippen LogP contribution in [0.2, 0.25) is 0 Å². The number of imidazole rings is 1. The summed E-state index contributed by atoms with van der Waals surface area (Å²) in [5.41, 5.74) is 2.80. The molecule has 3 aromatic rings. The number of benzene rings is 1. The number of aryl methyl sites for hydroxylation is 1. The molecule has 2 aromatic heterocycles. The first-order valence-corrected chi connectivity index (χ1v) is 8.89. The van der Waals surface area contributed by atoms with Gasteiger partial charge in [-0.15, -0.1) is 0 Å². The maximum atomic E-state index is 12.8. The van der Waals surface area contributed by atoms with E-state index in [9.17, 15) is 18.0 Å². The second-order valence-corrected chi connectivity index (χ2v) is 6.64. The van der Waals surface area contributed by atoms with Crippen molar-refractivity contribution in [1.29, 1.82) is 5.41 Å². The Bertz CT molecular complexity index is 1090. The maximum Gasteiger partial charge on any atom is 0.411 e. The Morgan fingerprint density at radius 1 is 1.30 bits per heavy atom. The molecule has 0 aliphatic rings. The Labute approximate surface area is 169 Å². The third-order valence-corrected chi connectivity index (χ3v) is 4.33. The molecule has 0 spiro atoms. The summed E-state index contributed by atoms with van der Waals surface area (Å²) in [7, 11) is 0. The molecule has 3 rings (SSSR count). The minimum absolute atomic E-state index is 0.0174. The van der Waals surface area contributed by atoms with Crippen molar-refractivity contribution in [3.8, 4) is 0 Å². The van der Waals surface area contributed by atoms with E-state index < -0.39 is 25.3 Å². The van der Waals surface area contributed by atoms with E-state index in [1.165, 1.54) is 16.8 Å². The lowest BCUT2D eigenvalue weighted by Crippen LogP contribution is -2.17. The van der Waals surface area contributed by atoms with Crippen molar-refractivity contribution in [2.24, 2.45) is 0 Å². The summed E-state index contributed by atoms with van der Waals surface area (Å²) < 4.78 is 42.9. The van der Waals surface area contributed by atoms with E-state index in [1.807, 2.05) is 0 Å². The molecule has 0 bridgehead atoms. The van der Waals surface area contributed by atoms with Crippen LogP contribution in [0.3, 0.4) is 0 Å². The molecule has 0 saturated heterocycles. The minimum atomic E-state index is -4.41. The molecule has 30 heavy (non-hydrogen) atoms. The average Bonchev–Trinajstić information content (AvgIpc) is 3.11. The molecule has 0 aliphatic heterocycles. The molecule has 1 aromatic carbocycles. The first kappa shape index (κ1) is 21.5. The fourth-order valence-corrected chi connectivity index (χ4v) is 2.78. The summed E-state index contributed by atoms with van der Waals surface area (Å²) in [6.07, 6.45) is -1.55. The maximum absolute atomic E-state index is 12.8. The topological polar surface area (TPSA) is 99.7 Å². The number of carbonyl (C=O) groups is 1. The van der Waals surface area contributed by atoms with Gasteiger partial charge in [-0.3, -0.25) is 9.20 Å². The normalized spacial score (nSPS) is 11.6. The molecule has 0 unspecified atom stereocenters. The Kier molecular flexibility index (Phi) is 6.18. The minimum Gasteiger partial charge on any atom is -0.390 e. The van der Waals surface area contributed by atoms with Crippen molar-refractivity contribution < 1.29 is 27.8 Å². The van der Waals surface area contributed by atoms with Crippen LogP contribution in [0.1, 0.15) is 27.2 Å². The van der Waals surface area contributed by atoms with Crippen molar-refractivity contribution in [2.45, 2.75) is 19.7 Å². The lowest BCUT2D eigenvalue weighted by molar-refractivity contribution is -0.176. The summed E-state index contributed by atoms with van der Waals surface area (Å²) in [5.74, 6) is -0.480. The molecule has 0 atom stereocenters. The molecule has 2 heterocycles. The molecule has 3 N–H and O–H groups in total. The smallest absolute Gasteiger partial charge is 0.390 e. The predicted molar refractivity (Wildman–Crippen MR) is 104 cm³/mol. The molecule has 0 aliphatic carbocycles. The van der Waals surface area contributed by atoms with E-state index in [1.54, 1.807) is 37.3 Å². The van der Waals surface area contributed by atoms with Crippen molar-refractivity contribution in [2.75, 3.05) is 18.5 Å². The Balaban J connectivity index is 1.82. The zero-order valence-electron chi connectivity index (χ0n) is 16.0. The summed E-state index contributed by atoms with van der Waals surface area (Å²) >= 11 is 0. The number of pyridine rings is 1. The van der Waals surface area contributed by atoms with Crippen LogP contribution in [0.5, 0.6) is 0 Å². The Morgan fingerprint density at radius 2 is 2.07 bits per heavy atom. The number of amides is 1. The van der Waals surface area contributed by atoms with Gasteiger partial charge in [-0.05, 0) is 35.7 Å². The molecular formula is C20H19F3N4O3. The van der Waals surface area contributed by atoms with Crippen LogP contribution in [0.15, 0.2) is 42.7 Å². The van der Waals surface area contributed by atoms with E-state index in [-0.39, 0.29) is 18.0 Å². The van der Waals surface area contributed by atoms with Crippen LogP contribution in [-0.2, 0) is 11.3 Å². The number of hydrogen-bond donors (Lipinski definition) is 3. The van der Waals surface area contributed by atoms with Crippen LogP contribution in [0, 0.1) is 12.3 Å². The molecule has 1 amide bonds. The van der Waals surface area contributed by atoms with Crippen LogP contribution in [0.25, 0.3) is 5.65 Å². The monoisotopic (exact) mass is 420 g/mol. The van der Waals surface area contributed by atoms with Crippen LogP contribution in [-0.4, -0.2) is 45.5 Å². The quantitative estimate of drug-likeness (QED) is 0.511. The van der Waals surface area contributed by atoms with Gasteiger partial charge in [0.2, 0.25) is 0 Å². The highest BCUT2D eigenvalue weighted by atomic mass is 19.4. The van der Waals surface area contributed by atoms with E-state index in [0.29, 0.717) is 22.5 Å². The fraction of sp³-hybridized carbons (Fsp3) is 0.250. The Hall–Kier alpha value is -3.24. The first-order chi connectivity index (χ1) is 14.2. The van der Waals surface area contributed by atoms with Crippen LogP contribution < -0.4 is 5.32 Å². The highest BCUT2D eigenvalue weighted by Crippen LogP contribution is 2.20. The average molecular weight is 420 g/mol. The number of nitrogens with zero attached hydrogens (tertiary/aromatic N) is 2. The number of aromatic nitrogens is 2. The first-order valence-electron chi connectivity index (χ1n) is 8.89. The van der Waals surface area contributed by atoms with Crippen molar-refractivity contribution in [1.82, 2.24) is 9.38 Å². The molecule has 0 fully saturated rings. The van der Waals surface area contributed by atoms with Crippen molar-refractivity contribution in [3.63, 3.8) is 0 Å². The van der Waals surface area contributed by atoms with E-state index in [4.69, 9.17) is 10.5 Å². The molecule has 0 saturated carbocycles. The highest BCUT2D eigenvalue weighted by Gasteiger charge is 2.27. The van der Waals surface area contributed by atoms with Gasteiger partial charge in [0.05, 0.1) is 25.1 Å². The van der Waals surface area contributed by atoms with Gasteiger partial charge in [0.1, 0.15) is 17.9 Å². The number of alkyl halides is 3. The number of hydrogen-bond acceptors (Lipinski definition) is 5. The van der Waals surface area contributed by atoms with Crippen molar-refractivity contribution in [3.05, 3.63) is 65.1 Å². The van der Waals surface area contributed by atoms with Crippen LogP contribution in [0.4, 0.5) is 18.9 Å². The van der Waals surface area contributed by atoms with Gasteiger partial charge in [-0.1, -0.05) is 18.2 Å². The number of aliphatic hydroxyl groups excluding tert-OH is 1. The van der Waals surface area contributed by atoms with Gasteiger partial charge in [-0.2, -0.15) is 13.2 Å². The van der Waals surface area contributed by atoms with Gasteiger partial charge in [-0.25, -0.2) is 4.98 Å². The van der Waals surface area contributed by atoms with Crippen LogP contribution >= 0.6 is 0 Å². The van der Waals surface area contributed by atoms with Gasteiger partial charge in [0.15, 0.2) is 0 Å². The number of rotatable bonds is 7. The van der Waals surface area contributed by atoms with Gasteiger partial charge < -0.3 is 20.6 Å². The summed E-state index contributed by atoms with van der Waals surface area (Å²) in [4.78, 5) is 16.9. The molecule has 10 heteroatoms. The third kappa shape index (κ3) is 5.02. The fourth-order valence-electron chi connectivity index (χ4n) is 2.78. The third-order valence-electron chi connectivity index (χ3n) is 4.33. The van der Waals surface area contributed by atoms with Gasteiger partial charge >= 0.3 is 6.18 Å². The number of nitrogens with one attached hydrogen (secondary N) is 2. The number of fused-ring (bicyclic) bond motifs is 1. The number of aliphatic hydroxyl groups is 1. The largest absolute Gasteiger partial charge is 0.411 e. The lowest BCUT2D eigenvalue weighted by atomic mass is 10.1. The SMILES string of the molecule is Cc1ccc(C(=N)CO)cc1NC(=O)c1cnc2ccc(COCC(F)(F)F)cn12. The van der Waals surface area contributed by atoms with E-state index in [0.717, 1.165) is 5.56 Å². The predicted octanol–water partition coefficient (Wildman–Crippen LogP) is 3.33. The molecule has 158 valence electrons. The van der Waals surface area contributed by atoms with Gasteiger partial charge in [0.25, 0.3) is 5.91 Å². The van der Waals surface area contributed by atoms with Gasteiger partial charge in [0, 0.05) is 11.9 Å². The lowest BCUT2D eigenvalue weighted by Gasteiger charge is -2.11. The number of anilines is 1. The molecule has 7 nitrogen and oxygen atoms in total. The summed E-state index contributed by atoms with van der Waals surface area (Å²) in [6, 6.07) is 8.14. The van der Waals surface area contributed by atoms with E-state index in [2.05, 4.69) is 15.0 Å². The summed E-state index contributed by atoms with van der Waals surface area (Å²) in [5, 5.41) is 19.6. The molecule has 0 radical (unpaired) electrons. The number of carbonyl (C=O) groups excluding carboxylic acids is 1. The zero-order valence-corrected chi connectivity index (χ0v) is 16.0. The summed E-state index contributed by atoms with van der Waals surface area (Å²) in [6.45, 7) is -0.269. The molecular weight excluding hydrogens is 401 g/mol. The second kappa shape index (κ2) is 8.64. The number of halogens is 3. The zero-order chi connectivity index (χ0) is 21.9. The Morgan fingerprint density at radius 3 is 2.77 bits per heavy atom. The number of ether oxygens (including phenoxy) is 1. The standard InChI is InChI=1S/C20H19F3N4O3/c1-12-2-4-14(15(24)9-28)6-16(12)26-19(29)17-7-25-18-5-3-13(8-27(17)18)10-30-11-20(21,22)23/h2-8,24,28H,9-11H2,1H3,(H,26,29). The van der Waals surface area contributed by atoms with Crippen molar-refractivity contribution >= 4 is 23.0 Å². The van der Waals surface area contributed by atoms with E-state index >= 15 is 0 Å². The highest BCUT2D eigenvalue weighted by molar-refractivity contribution is 6.05. The second-order valence-electron chi connectivity index (χ2n) is 6.64.